The molecule has 21 heavy (non-hydrogen) atoms. The Morgan fingerprint density at radius 1 is 1.19 bits per heavy atom. The lowest BCUT2D eigenvalue weighted by Gasteiger charge is -2.04. The first-order valence-corrected chi connectivity index (χ1v) is 6.31. The van der Waals surface area contributed by atoms with E-state index in [4.69, 9.17) is 9.15 Å². The third-order valence-electron chi connectivity index (χ3n) is 2.91. The van der Waals surface area contributed by atoms with Crippen LogP contribution < -0.4 is 10.2 Å². The van der Waals surface area contributed by atoms with Crippen molar-refractivity contribution in [1.82, 2.24) is 4.98 Å². The molecule has 0 atom stereocenters. The summed E-state index contributed by atoms with van der Waals surface area (Å²) >= 11 is 0. The van der Waals surface area contributed by atoms with Crippen molar-refractivity contribution in [2.45, 2.75) is 6.92 Å². The van der Waals surface area contributed by atoms with E-state index in [1.54, 1.807) is 42.6 Å². The highest BCUT2D eigenvalue weighted by Crippen LogP contribution is 2.23. The predicted molar refractivity (Wildman–Crippen MR) is 77.0 cm³/mol. The lowest BCUT2D eigenvalue weighted by molar-refractivity contribution is -0.131. The Morgan fingerprint density at radius 2 is 1.95 bits per heavy atom. The van der Waals surface area contributed by atoms with Crippen molar-refractivity contribution in [3.8, 4) is 17.1 Å². The van der Waals surface area contributed by atoms with Gasteiger partial charge in [0.2, 0.25) is 5.71 Å². The highest BCUT2D eigenvalue weighted by atomic mass is 16.5. The minimum absolute atomic E-state index is 0.150. The second-order valence-corrected chi connectivity index (χ2v) is 4.45. The zero-order valence-electron chi connectivity index (χ0n) is 11.2. The van der Waals surface area contributed by atoms with E-state index in [0.29, 0.717) is 28.2 Å². The molecule has 0 unspecified atom stereocenters. The van der Waals surface area contributed by atoms with Gasteiger partial charge in [-0.3, -0.25) is 9.59 Å². The maximum Gasteiger partial charge on any atom is 0.308 e. The molecule has 0 saturated heterocycles. The molecule has 0 aliphatic rings. The summed E-state index contributed by atoms with van der Waals surface area (Å²) in [6.07, 6.45) is 1.57. The minimum atomic E-state index is -0.385. The Labute approximate surface area is 119 Å². The van der Waals surface area contributed by atoms with Crippen LogP contribution >= 0.6 is 0 Å². The molecule has 1 aromatic carbocycles. The van der Waals surface area contributed by atoms with Crippen molar-refractivity contribution in [3.05, 3.63) is 58.9 Å². The molecule has 2 heterocycles. The second kappa shape index (κ2) is 5.20. The molecule has 0 saturated carbocycles. The Hall–Kier alpha value is -2.95. The highest BCUT2D eigenvalue weighted by molar-refractivity contribution is 5.75. The second-order valence-electron chi connectivity index (χ2n) is 4.45. The average molecular weight is 281 g/mol. The van der Waals surface area contributed by atoms with Gasteiger partial charge >= 0.3 is 5.97 Å². The summed E-state index contributed by atoms with van der Waals surface area (Å²) < 4.78 is 10.6. The van der Waals surface area contributed by atoms with Crippen LogP contribution in [0.15, 0.2) is 57.9 Å². The third kappa shape index (κ3) is 2.67. The Bertz CT molecular complexity index is 865. The van der Waals surface area contributed by atoms with E-state index in [1.165, 1.54) is 13.0 Å². The van der Waals surface area contributed by atoms with Crippen molar-refractivity contribution in [2.24, 2.45) is 0 Å². The number of pyridine rings is 1. The molecule has 0 fully saturated rings. The largest absolute Gasteiger partial charge is 0.437 e. The molecule has 0 N–H and O–H groups in total. The summed E-state index contributed by atoms with van der Waals surface area (Å²) in [6, 6.07) is 11.5. The van der Waals surface area contributed by atoms with Gasteiger partial charge < -0.3 is 9.15 Å². The van der Waals surface area contributed by atoms with E-state index < -0.39 is 0 Å². The quantitative estimate of drug-likeness (QED) is 0.533. The number of ether oxygens (including phenoxy) is 1. The number of carbonyl (C=O) groups excluding carboxylic acids is 1. The molecule has 0 aliphatic heterocycles. The Kier molecular flexibility index (Phi) is 3.23. The van der Waals surface area contributed by atoms with E-state index >= 15 is 0 Å². The number of esters is 1. The SMILES string of the molecule is CC(=O)Oc1ccc(-c2cc(=O)c3cccnc3o2)cc1. The van der Waals surface area contributed by atoms with Gasteiger partial charge in [0.15, 0.2) is 5.43 Å². The van der Waals surface area contributed by atoms with Crippen molar-refractivity contribution in [2.75, 3.05) is 0 Å². The van der Waals surface area contributed by atoms with Crippen LogP contribution in [-0.4, -0.2) is 11.0 Å². The van der Waals surface area contributed by atoms with Gasteiger partial charge in [-0.25, -0.2) is 4.98 Å². The van der Waals surface area contributed by atoms with Crippen LogP contribution in [0.1, 0.15) is 6.92 Å². The first-order chi connectivity index (χ1) is 10.1. The minimum Gasteiger partial charge on any atom is -0.437 e. The van der Waals surface area contributed by atoms with Gasteiger partial charge in [-0.1, -0.05) is 0 Å². The maximum absolute atomic E-state index is 12.0. The number of nitrogens with zero attached hydrogens (tertiary/aromatic N) is 1. The maximum atomic E-state index is 12.0. The zero-order valence-corrected chi connectivity index (χ0v) is 11.2. The molecule has 0 bridgehead atoms. The molecule has 104 valence electrons. The lowest BCUT2D eigenvalue weighted by Crippen LogP contribution is -2.02. The van der Waals surface area contributed by atoms with Crippen LogP contribution in [0.25, 0.3) is 22.4 Å². The number of carbonyl (C=O) groups is 1. The van der Waals surface area contributed by atoms with Crippen molar-refractivity contribution < 1.29 is 13.9 Å². The smallest absolute Gasteiger partial charge is 0.308 e. The van der Waals surface area contributed by atoms with Crippen LogP contribution in [0.2, 0.25) is 0 Å². The van der Waals surface area contributed by atoms with E-state index in [0.717, 1.165) is 0 Å². The fraction of sp³-hybridized carbons (Fsp3) is 0.0625. The Balaban J connectivity index is 2.04. The standard InChI is InChI=1S/C16H11NO4/c1-10(18)20-12-6-4-11(5-7-12)15-9-14(19)13-3-2-8-17-16(13)21-15/h2-9H,1H3. The molecule has 0 radical (unpaired) electrons. The molecule has 0 aliphatic carbocycles. The number of fused-ring (bicyclic) bond motifs is 1. The monoisotopic (exact) mass is 281 g/mol. The van der Waals surface area contributed by atoms with Crippen LogP contribution in [0.5, 0.6) is 5.75 Å². The molecule has 0 amide bonds. The molecule has 3 rings (SSSR count). The average Bonchev–Trinajstić information content (AvgIpc) is 2.47. The first kappa shape index (κ1) is 13.1. The van der Waals surface area contributed by atoms with Gasteiger partial charge in [0.05, 0.1) is 5.39 Å². The normalized spacial score (nSPS) is 10.5. The summed E-state index contributed by atoms with van der Waals surface area (Å²) in [5.74, 6) is 0.470. The third-order valence-corrected chi connectivity index (χ3v) is 2.91. The summed E-state index contributed by atoms with van der Waals surface area (Å²) in [6.45, 7) is 1.34. The van der Waals surface area contributed by atoms with Crippen LogP contribution in [-0.2, 0) is 4.79 Å². The predicted octanol–water partition coefficient (Wildman–Crippen LogP) is 2.78. The van der Waals surface area contributed by atoms with Gasteiger partial charge in [0.1, 0.15) is 11.5 Å². The first-order valence-electron chi connectivity index (χ1n) is 6.31. The zero-order chi connectivity index (χ0) is 14.8. The molecule has 5 heteroatoms. The molecule has 3 aromatic rings. The van der Waals surface area contributed by atoms with E-state index in [2.05, 4.69) is 4.98 Å². The van der Waals surface area contributed by atoms with Gasteiger partial charge in [-0.15, -0.1) is 0 Å². The molecule has 2 aromatic heterocycles. The van der Waals surface area contributed by atoms with Crippen molar-refractivity contribution in [1.29, 1.82) is 0 Å². The Morgan fingerprint density at radius 3 is 2.67 bits per heavy atom. The summed E-state index contributed by atoms with van der Waals surface area (Å²) in [5, 5.41) is 0.442. The molecule has 5 nitrogen and oxygen atoms in total. The fourth-order valence-electron chi connectivity index (χ4n) is 1.99. The number of rotatable bonds is 2. The highest BCUT2D eigenvalue weighted by Gasteiger charge is 2.08. The van der Waals surface area contributed by atoms with Crippen molar-refractivity contribution in [3.63, 3.8) is 0 Å². The summed E-state index contributed by atoms with van der Waals surface area (Å²) in [5.41, 5.74) is 0.850. The van der Waals surface area contributed by atoms with Crippen LogP contribution in [0.4, 0.5) is 0 Å². The summed E-state index contributed by atoms with van der Waals surface area (Å²) in [4.78, 5) is 26.9. The number of benzene rings is 1. The topological polar surface area (TPSA) is 69.4 Å². The lowest BCUT2D eigenvalue weighted by atomic mass is 10.1. The number of hydrogen-bond acceptors (Lipinski definition) is 5. The van der Waals surface area contributed by atoms with Crippen molar-refractivity contribution >= 4 is 17.1 Å². The van der Waals surface area contributed by atoms with E-state index in [1.807, 2.05) is 0 Å². The molecular weight excluding hydrogens is 270 g/mol. The van der Waals surface area contributed by atoms with Crippen LogP contribution in [0, 0.1) is 0 Å². The van der Waals surface area contributed by atoms with Gasteiger partial charge in [0, 0.05) is 24.8 Å². The van der Waals surface area contributed by atoms with Gasteiger partial charge in [-0.2, -0.15) is 0 Å². The molecule has 0 spiro atoms. The van der Waals surface area contributed by atoms with E-state index in [-0.39, 0.29) is 11.4 Å². The fourth-order valence-corrected chi connectivity index (χ4v) is 1.99. The summed E-state index contributed by atoms with van der Waals surface area (Å²) in [7, 11) is 0. The van der Waals surface area contributed by atoms with Gasteiger partial charge in [0.25, 0.3) is 0 Å². The molecular formula is C16H11NO4. The van der Waals surface area contributed by atoms with E-state index in [9.17, 15) is 9.59 Å². The van der Waals surface area contributed by atoms with Gasteiger partial charge in [-0.05, 0) is 36.4 Å². The number of hydrogen-bond donors (Lipinski definition) is 0. The number of aromatic nitrogens is 1. The van der Waals surface area contributed by atoms with Crippen LogP contribution in [0.3, 0.4) is 0 Å².